The first-order valence-corrected chi connectivity index (χ1v) is 11.7. The molecule has 8 heteroatoms. The molecule has 7 nitrogen and oxygen atoms in total. The molecule has 0 amide bonds. The summed E-state index contributed by atoms with van der Waals surface area (Å²) in [5.74, 6) is 0.701. The first kappa shape index (κ1) is 19.4. The zero-order valence-corrected chi connectivity index (χ0v) is 17.8. The van der Waals surface area contributed by atoms with Gasteiger partial charge in [-0.15, -0.1) is 0 Å². The fraction of sp³-hybridized carbons (Fsp3) is 0.364. The van der Waals surface area contributed by atoms with Gasteiger partial charge in [-0.25, -0.2) is 8.42 Å². The van der Waals surface area contributed by atoms with E-state index in [2.05, 4.69) is 21.3 Å². The molecule has 2 aromatic carbocycles. The smallest absolute Gasteiger partial charge is 0.243 e. The van der Waals surface area contributed by atoms with Crippen molar-refractivity contribution in [3.63, 3.8) is 0 Å². The third-order valence-electron chi connectivity index (χ3n) is 6.09. The number of anilines is 1. The average molecular weight is 427 g/mol. The van der Waals surface area contributed by atoms with Crippen LogP contribution in [0.5, 0.6) is 5.75 Å². The van der Waals surface area contributed by atoms with E-state index >= 15 is 0 Å². The Balaban J connectivity index is 1.47. The summed E-state index contributed by atoms with van der Waals surface area (Å²) in [7, 11) is -1.99. The number of hydrogen-bond donors (Lipinski definition) is 2. The van der Waals surface area contributed by atoms with Crippen LogP contribution < -0.4 is 15.0 Å². The number of nitrogens with zero attached hydrogens (tertiary/aromatic N) is 2. The first-order valence-electron chi connectivity index (χ1n) is 10.3. The Kier molecular flexibility index (Phi) is 4.92. The third-order valence-corrected chi connectivity index (χ3v) is 7.93. The monoisotopic (exact) mass is 426 g/mol. The van der Waals surface area contributed by atoms with Gasteiger partial charge in [0.2, 0.25) is 10.0 Å². The molecule has 0 unspecified atom stereocenters. The molecule has 1 aromatic heterocycles. The number of piperazine rings is 1. The van der Waals surface area contributed by atoms with Crippen LogP contribution in [0, 0.1) is 0 Å². The highest BCUT2D eigenvalue weighted by atomic mass is 32.2. The normalized spacial score (nSPS) is 17.8. The molecule has 1 saturated heterocycles. The molecule has 158 valence electrons. The summed E-state index contributed by atoms with van der Waals surface area (Å²) in [6.45, 7) is 4.22. The van der Waals surface area contributed by atoms with Gasteiger partial charge in [-0.2, -0.15) is 4.31 Å². The molecule has 0 saturated carbocycles. The van der Waals surface area contributed by atoms with Gasteiger partial charge in [0.25, 0.3) is 0 Å². The van der Waals surface area contributed by atoms with Crippen LogP contribution in [0.1, 0.15) is 11.3 Å². The fourth-order valence-corrected chi connectivity index (χ4v) is 5.94. The second kappa shape index (κ2) is 7.61. The van der Waals surface area contributed by atoms with Crippen LogP contribution in [-0.2, 0) is 23.0 Å². The second-order valence-electron chi connectivity index (χ2n) is 7.79. The molecule has 1 fully saturated rings. The molecule has 0 spiro atoms. The van der Waals surface area contributed by atoms with Gasteiger partial charge in [0.1, 0.15) is 5.75 Å². The Morgan fingerprint density at radius 2 is 1.83 bits per heavy atom. The molecule has 0 atom stereocenters. The van der Waals surface area contributed by atoms with Crippen molar-refractivity contribution in [2.24, 2.45) is 0 Å². The highest BCUT2D eigenvalue weighted by Crippen LogP contribution is 2.34. The number of sulfonamides is 1. The van der Waals surface area contributed by atoms with Crippen LogP contribution in [0.4, 0.5) is 5.69 Å². The number of aromatic amines is 1. The van der Waals surface area contributed by atoms with Crippen molar-refractivity contribution < 1.29 is 13.2 Å². The van der Waals surface area contributed by atoms with Gasteiger partial charge < -0.3 is 19.9 Å². The lowest BCUT2D eigenvalue weighted by Crippen LogP contribution is -2.43. The Labute approximate surface area is 176 Å². The van der Waals surface area contributed by atoms with Crippen molar-refractivity contribution in [3.8, 4) is 5.75 Å². The molecule has 3 aromatic rings. The molecular formula is C22H26N4O3S. The zero-order chi connectivity index (χ0) is 20.7. The predicted molar refractivity (Wildman–Crippen MR) is 118 cm³/mol. The number of H-pyrrole nitrogens is 1. The number of methoxy groups -OCH3 is 1. The summed E-state index contributed by atoms with van der Waals surface area (Å²) >= 11 is 0. The number of ether oxygens (including phenoxy) is 1. The molecular weight excluding hydrogens is 400 g/mol. The molecule has 0 bridgehead atoms. The number of fused-ring (bicyclic) bond motifs is 3. The number of para-hydroxylation sites is 1. The number of benzene rings is 2. The van der Waals surface area contributed by atoms with Gasteiger partial charge in [0, 0.05) is 49.3 Å². The molecule has 0 radical (unpaired) electrons. The van der Waals surface area contributed by atoms with Crippen molar-refractivity contribution in [1.82, 2.24) is 14.6 Å². The van der Waals surface area contributed by atoms with Crippen molar-refractivity contribution in [2.75, 3.05) is 44.7 Å². The van der Waals surface area contributed by atoms with E-state index < -0.39 is 10.0 Å². The maximum absolute atomic E-state index is 13.5. The quantitative estimate of drug-likeness (QED) is 0.670. The minimum absolute atomic E-state index is 0.316. The molecule has 5 rings (SSSR count). The minimum atomic E-state index is -3.61. The van der Waals surface area contributed by atoms with Gasteiger partial charge in [-0.1, -0.05) is 18.2 Å². The topological polar surface area (TPSA) is 77.7 Å². The van der Waals surface area contributed by atoms with E-state index in [-0.39, 0.29) is 0 Å². The van der Waals surface area contributed by atoms with Gasteiger partial charge in [0.05, 0.1) is 24.2 Å². The number of rotatable bonds is 4. The standard InChI is InChI=1S/C22H26N4O3S/c1-29-22-7-6-16(14-21(22)25-12-9-23-10-13-25)30(27,28)26-11-8-18-17-4-2-3-5-19(17)24-20(18)15-26/h2-7,14,23-24H,8-13,15H2,1H3. The largest absolute Gasteiger partial charge is 0.495 e. The van der Waals surface area contributed by atoms with Crippen LogP contribution in [-0.4, -0.2) is 57.5 Å². The van der Waals surface area contributed by atoms with Crippen LogP contribution in [0.25, 0.3) is 10.9 Å². The Morgan fingerprint density at radius 1 is 1.03 bits per heavy atom. The van der Waals surface area contributed by atoms with Crippen LogP contribution in [0.15, 0.2) is 47.4 Å². The molecule has 2 aliphatic rings. The van der Waals surface area contributed by atoms with Crippen molar-refractivity contribution in [1.29, 1.82) is 0 Å². The Hall–Kier alpha value is -2.55. The molecule has 3 heterocycles. The Bertz CT molecular complexity index is 1180. The number of nitrogens with one attached hydrogen (secondary N) is 2. The molecule has 30 heavy (non-hydrogen) atoms. The van der Waals surface area contributed by atoms with Crippen molar-refractivity contribution >= 4 is 26.6 Å². The average Bonchev–Trinajstić information content (AvgIpc) is 3.17. The summed E-state index contributed by atoms with van der Waals surface area (Å²) in [4.78, 5) is 5.91. The second-order valence-corrected chi connectivity index (χ2v) is 9.72. The summed E-state index contributed by atoms with van der Waals surface area (Å²) in [6.07, 6.45) is 0.708. The molecule has 0 aliphatic carbocycles. The zero-order valence-electron chi connectivity index (χ0n) is 17.0. The van der Waals surface area contributed by atoms with E-state index in [0.717, 1.165) is 43.1 Å². The van der Waals surface area contributed by atoms with E-state index in [1.165, 1.54) is 10.9 Å². The predicted octanol–water partition coefficient (Wildman–Crippen LogP) is 2.33. The van der Waals surface area contributed by atoms with Crippen molar-refractivity contribution in [2.45, 2.75) is 17.9 Å². The Morgan fingerprint density at radius 3 is 2.63 bits per heavy atom. The fourth-order valence-electron chi connectivity index (χ4n) is 4.51. The van der Waals surface area contributed by atoms with Crippen LogP contribution in [0.2, 0.25) is 0 Å². The summed E-state index contributed by atoms with van der Waals surface area (Å²) in [5, 5.41) is 4.52. The minimum Gasteiger partial charge on any atom is -0.495 e. The van der Waals surface area contributed by atoms with E-state index in [9.17, 15) is 8.42 Å². The van der Waals surface area contributed by atoms with Gasteiger partial charge >= 0.3 is 0 Å². The molecule has 2 N–H and O–H groups in total. The van der Waals surface area contributed by atoms with E-state index in [1.807, 2.05) is 18.2 Å². The van der Waals surface area contributed by atoms with Gasteiger partial charge in [-0.3, -0.25) is 0 Å². The lowest BCUT2D eigenvalue weighted by atomic mass is 10.1. The van der Waals surface area contributed by atoms with Crippen molar-refractivity contribution in [3.05, 3.63) is 53.7 Å². The first-order chi connectivity index (χ1) is 14.6. The third kappa shape index (κ3) is 3.25. The van der Waals surface area contributed by atoms with Crippen LogP contribution in [0.3, 0.4) is 0 Å². The van der Waals surface area contributed by atoms with Gasteiger partial charge in [-0.05, 0) is 36.2 Å². The number of hydrogen-bond acceptors (Lipinski definition) is 5. The maximum atomic E-state index is 13.5. The number of aromatic nitrogens is 1. The van der Waals surface area contributed by atoms with E-state index in [4.69, 9.17) is 4.74 Å². The summed E-state index contributed by atoms with van der Waals surface area (Å²) in [6, 6.07) is 13.3. The summed E-state index contributed by atoms with van der Waals surface area (Å²) < 4.78 is 34.1. The maximum Gasteiger partial charge on any atom is 0.243 e. The lowest BCUT2D eigenvalue weighted by Gasteiger charge is -2.31. The highest BCUT2D eigenvalue weighted by Gasteiger charge is 2.31. The molecule has 2 aliphatic heterocycles. The van der Waals surface area contributed by atoms with Crippen LogP contribution >= 0.6 is 0 Å². The summed E-state index contributed by atoms with van der Waals surface area (Å²) in [5.41, 5.74) is 4.12. The van der Waals surface area contributed by atoms with E-state index in [0.29, 0.717) is 30.2 Å². The van der Waals surface area contributed by atoms with Gasteiger partial charge in [0.15, 0.2) is 0 Å². The highest BCUT2D eigenvalue weighted by molar-refractivity contribution is 7.89. The lowest BCUT2D eigenvalue weighted by molar-refractivity contribution is 0.388. The van der Waals surface area contributed by atoms with E-state index in [1.54, 1.807) is 29.6 Å². The SMILES string of the molecule is COc1ccc(S(=O)(=O)N2CCc3c([nH]c4ccccc34)C2)cc1N1CCNCC1.